The van der Waals surface area contributed by atoms with Crippen LogP contribution >= 0.6 is 0 Å². The van der Waals surface area contributed by atoms with E-state index in [-0.39, 0.29) is 5.56 Å². The number of hydrogen-bond donors (Lipinski definition) is 0. The Morgan fingerprint density at radius 1 is 0.913 bits per heavy atom. The molecule has 0 aliphatic rings. The van der Waals surface area contributed by atoms with Crippen LogP contribution in [0.5, 0.6) is 5.75 Å². The molecule has 0 aromatic heterocycles. The zero-order valence-electron chi connectivity index (χ0n) is 11.2. The van der Waals surface area contributed by atoms with Crippen LogP contribution in [0.25, 0.3) is 11.1 Å². The van der Waals surface area contributed by atoms with Gasteiger partial charge in [0.15, 0.2) is 0 Å². The molecule has 2 aromatic carbocycles. The van der Waals surface area contributed by atoms with Gasteiger partial charge in [0.05, 0.1) is 5.97 Å². The smallest absolute Gasteiger partial charge is 0.534 e. The maximum Gasteiger partial charge on any atom is 0.534 e. The van der Waals surface area contributed by atoms with Crippen LogP contribution in [-0.4, -0.2) is 19.9 Å². The number of halogens is 3. The Morgan fingerprint density at radius 2 is 1.35 bits per heavy atom. The first kappa shape index (κ1) is 16.8. The molecule has 0 saturated heterocycles. The highest BCUT2D eigenvalue weighted by molar-refractivity contribution is 7.88. The van der Waals surface area contributed by atoms with Crippen molar-refractivity contribution in [3.8, 4) is 16.9 Å². The van der Waals surface area contributed by atoms with E-state index in [2.05, 4.69) is 4.18 Å². The molecular formula is C14H8F3O5S-. The zero-order chi connectivity index (χ0) is 17.3. The Morgan fingerprint density at radius 3 is 1.74 bits per heavy atom. The molecule has 122 valence electrons. The number of carbonyl (C=O) groups excluding carboxylic acids is 1. The molecule has 0 spiro atoms. The first-order valence-corrected chi connectivity index (χ1v) is 7.43. The van der Waals surface area contributed by atoms with Crippen LogP contribution in [-0.2, 0) is 10.1 Å². The standard InChI is InChI=1S/C14H9F3O5S/c15-14(16,17)23(20,21)22-12-7-5-10(6-8-12)9-1-3-11(4-2-9)13(18)19/h1-8H,(H,18,19)/p-1. The zero-order valence-corrected chi connectivity index (χ0v) is 12.0. The van der Waals surface area contributed by atoms with Crippen LogP contribution in [0.2, 0.25) is 0 Å². The van der Waals surface area contributed by atoms with Gasteiger partial charge in [-0.1, -0.05) is 36.4 Å². The average Bonchev–Trinajstić information content (AvgIpc) is 2.46. The molecule has 0 radical (unpaired) electrons. The lowest BCUT2D eigenvalue weighted by Crippen LogP contribution is -2.28. The van der Waals surface area contributed by atoms with Gasteiger partial charge < -0.3 is 14.1 Å². The number of carbonyl (C=O) groups is 1. The van der Waals surface area contributed by atoms with Crippen LogP contribution in [0.1, 0.15) is 10.4 Å². The van der Waals surface area contributed by atoms with Crippen molar-refractivity contribution < 1.29 is 35.7 Å². The number of carboxylic acids is 1. The van der Waals surface area contributed by atoms with Gasteiger partial charge in [0.25, 0.3) is 0 Å². The van der Waals surface area contributed by atoms with Crippen molar-refractivity contribution in [3.05, 3.63) is 54.1 Å². The molecular weight excluding hydrogens is 337 g/mol. The van der Waals surface area contributed by atoms with Crippen molar-refractivity contribution in [1.82, 2.24) is 0 Å². The van der Waals surface area contributed by atoms with E-state index in [1.54, 1.807) is 0 Å². The van der Waals surface area contributed by atoms with Crippen molar-refractivity contribution in [2.24, 2.45) is 0 Å². The van der Waals surface area contributed by atoms with Crippen molar-refractivity contribution in [1.29, 1.82) is 0 Å². The van der Waals surface area contributed by atoms with Crippen molar-refractivity contribution in [3.63, 3.8) is 0 Å². The molecule has 23 heavy (non-hydrogen) atoms. The summed E-state index contributed by atoms with van der Waals surface area (Å²) >= 11 is 0. The monoisotopic (exact) mass is 345 g/mol. The molecule has 9 heteroatoms. The third-order valence-electron chi connectivity index (χ3n) is 2.80. The maximum atomic E-state index is 12.2. The van der Waals surface area contributed by atoms with E-state index in [9.17, 15) is 31.5 Å². The van der Waals surface area contributed by atoms with E-state index in [4.69, 9.17) is 0 Å². The van der Waals surface area contributed by atoms with Crippen LogP contribution in [0.15, 0.2) is 48.5 Å². The molecule has 0 unspecified atom stereocenters. The lowest BCUT2D eigenvalue weighted by atomic mass is 10.0. The number of carboxylic acid groups (broad SMARTS) is 1. The number of alkyl halides is 3. The summed E-state index contributed by atoms with van der Waals surface area (Å²) in [5, 5.41) is 10.6. The van der Waals surface area contributed by atoms with Gasteiger partial charge in [-0.25, -0.2) is 0 Å². The minimum atomic E-state index is -5.72. The van der Waals surface area contributed by atoms with Crippen LogP contribution in [0, 0.1) is 0 Å². The van der Waals surface area contributed by atoms with Crippen molar-refractivity contribution in [2.75, 3.05) is 0 Å². The summed E-state index contributed by atoms with van der Waals surface area (Å²) in [6, 6.07) is 10.4. The maximum absolute atomic E-state index is 12.2. The summed E-state index contributed by atoms with van der Waals surface area (Å²) in [4.78, 5) is 10.6. The first-order chi connectivity index (χ1) is 10.6. The average molecular weight is 345 g/mol. The third kappa shape index (κ3) is 3.81. The molecule has 0 aliphatic carbocycles. The molecule has 0 aliphatic heterocycles. The van der Waals surface area contributed by atoms with Crippen LogP contribution in [0.3, 0.4) is 0 Å². The molecule has 0 bridgehead atoms. The van der Waals surface area contributed by atoms with Crippen molar-refractivity contribution >= 4 is 16.1 Å². The largest absolute Gasteiger partial charge is 0.545 e. The van der Waals surface area contributed by atoms with E-state index < -0.39 is 27.3 Å². The van der Waals surface area contributed by atoms with Crippen LogP contribution in [0.4, 0.5) is 13.2 Å². The Balaban J connectivity index is 2.21. The minimum Gasteiger partial charge on any atom is -0.545 e. The summed E-state index contributed by atoms with van der Waals surface area (Å²) in [5.41, 5.74) is -4.41. The number of rotatable bonds is 4. The van der Waals surface area contributed by atoms with Gasteiger partial charge in [-0.15, -0.1) is 0 Å². The molecule has 0 saturated carbocycles. The van der Waals surface area contributed by atoms with Gasteiger partial charge in [0, 0.05) is 0 Å². The predicted octanol–water partition coefficient (Wildman–Crippen LogP) is 1.95. The fourth-order valence-electron chi connectivity index (χ4n) is 1.68. The fraction of sp³-hybridized carbons (Fsp3) is 0.0714. The SMILES string of the molecule is O=C([O-])c1ccc(-c2ccc(OS(=O)(=O)C(F)(F)F)cc2)cc1. The Kier molecular flexibility index (Phi) is 4.33. The van der Waals surface area contributed by atoms with E-state index in [0.717, 1.165) is 12.1 Å². The highest BCUT2D eigenvalue weighted by atomic mass is 32.2. The quantitative estimate of drug-likeness (QED) is 0.625. The second kappa shape index (κ2) is 5.92. The number of hydrogen-bond acceptors (Lipinski definition) is 5. The Labute approximate surface area is 129 Å². The van der Waals surface area contributed by atoms with Gasteiger partial charge >= 0.3 is 15.6 Å². The van der Waals surface area contributed by atoms with E-state index in [1.807, 2.05) is 0 Å². The van der Waals surface area contributed by atoms with Gasteiger partial charge in [-0.2, -0.15) is 21.6 Å². The second-order valence-electron chi connectivity index (χ2n) is 4.37. The highest BCUT2D eigenvalue weighted by Crippen LogP contribution is 2.28. The van der Waals surface area contributed by atoms with E-state index in [0.29, 0.717) is 11.1 Å². The predicted molar refractivity (Wildman–Crippen MR) is 71.8 cm³/mol. The minimum absolute atomic E-state index is 0.0232. The van der Waals surface area contributed by atoms with E-state index >= 15 is 0 Å². The molecule has 5 nitrogen and oxygen atoms in total. The summed E-state index contributed by atoms with van der Waals surface area (Å²) in [6.45, 7) is 0. The third-order valence-corrected chi connectivity index (χ3v) is 3.78. The number of aromatic carboxylic acids is 1. The molecule has 2 aromatic rings. The van der Waals surface area contributed by atoms with Crippen LogP contribution < -0.4 is 9.29 Å². The normalized spacial score (nSPS) is 12.0. The second-order valence-corrected chi connectivity index (χ2v) is 5.91. The molecule has 2 rings (SSSR count). The lowest BCUT2D eigenvalue weighted by Gasteiger charge is -2.10. The Bertz CT molecular complexity index is 809. The van der Waals surface area contributed by atoms with Gasteiger partial charge in [0.2, 0.25) is 0 Å². The molecule has 0 heterocycles. The molecule has 0 fully saturated rings. The summed E-state index contributed by atoms with van der Waals surface area (Å²) in [5.74, 6) is -1.82. The van der Waals surface area contributed by atoms with Gasteiger partial charge in [0.1, 0.15) is 5.75 Å². The van der Waals surface area contributed by atoms with Gasteiger partial charge in [-0.3, -0.25) is 0 Å². The van der Waals surface area contributed by atoms with Crippen molar-refractivity contribution in [2.45, 2.75) is 5.51 Å². The highest BCUT2D eigenvalue weighted by Gasteiger charge is 2.48. The molecule has 0 N–H and O–H groups in total. The summed E-state index contributed by atoms with van der Waals surface area (Å²) < 4.78 is 62.3. The topological polar surface area (TPSA) is 83.5 Å². The fourth-order valence-corrected chi connectivity index (χ4v) is 2.13. The summed E-state index contributed by atoms with van der Waals surface area (Å²) in [7, 11) is -5.72. The van der Waals surface area contributed by atoms with E-state index in [1.165, 1.54) is 36.4 Å². The first-order valence-electron chi connectivity index (χ1n) is 6.03. The Hall–Kier alpha value is -2.55. The van der Waals surface area contributed by atoms with Gasteiger partial charge in [-0.05, 0) is 28.8 Å². The molecule has 0 atom stereocenters. The summed E-state index contributed by atoms with van der Waals surface area (Å²) in [6.07, 6.45) is 0. The molecule has 0 amide bonds. The lowest BCUT2D eigenvalue weighted by molar-refractivity contribution is -0.255. The number of benzene rings is 2.